The number of carbonyl (C=O) groups excluding carboxylic acids is 3. The van der Waals surface area contributed by atoms with E-state index in [9.17, 15) is 14.4 Å². The molecule has 3 rings (SSSR count). The van der Waals surface area contributed by atoms with E-state index in [0.29, 0.717) is 35.0 Å². The van der Waals surface area contributed by atoms with E-state index < -0.39 is 11.8 Å². The zero-order chi connectivity index (χ0) is 25.8. The van der Waals surface area contributed by atoms with E-state index >= 15 is 0 Å². The Kier molecular flexibility index (Phi) is 9.40. The smallest absolute Gasteiger partial charge is 0.329 e. The van der Waals surface area contributed by atoms with Gasteiger partial charge in [0, 0.05) is 11.4 Å². The molecule has 3 amide bonds. The van der Waals surface area contributed by atoms with Crippen LogP contribution in [0.3, 0.4) is 0 Å². The Hall–Kier alpha value is -4.86. The number of hydrogen-bond donors (Lipinski definition) is 3. The van der Waals surface area contributed by atoms with Crippen molar-refractivity contribution in [3.8, 4) is 17.2 Å². The molecule has 0 saturated heterocycles. The van der Waals surface area contributed by atoms with Crippen LogP contribution in [0.2, 0.25) is 0 Å². The van der Waals surface area contributed by atoms with Crippen LogP contribution in [-0.2, 0) is 14.4 Å². The molecule has 0 saturated carbocycles. The van der Waals surface area contributed by atoms with Gasteiger partial charge in [-0.15, -0.1) is 0 Å². The summed E-state index contributed by atoms with van der Waals surface area (Å²) in [7, 11) is 1.53. The van der Waals surface area contributed by atoms with Crippen molar-refractivity contribution >= 4 is 35.3 Å². The van der Waals surface area contributed by atoms with Crippen molar-refractivity contribution in [2.45, 2.75) is 6.92 Å². The first-order chi connectivity index (χ1) is 17.5. The molecule has 3 aromatic carbocycles. The number of methoxy groups -OCH3 is 1. The molecule has 10 nitrogen and oxygen atoms in total. The number of amides is 3. The van der Waals surface area contributed by atoms with Crippen LogP contribution >= 0.6 is 0 Å². The van der Waals surface area contributed by atoms with Crippen LogP contribution < -0.4 is 30.3 Å². The molecular formula is C26H26N4O6. The highest BCUT2D eigenvalue weighted by atomic mass is 16.5. The van der Waals surface area contributed by atoms with Crippen molar-refractivity contribution in [2.75, 3.05) is 31.0 Å². The molecule has 0 aliphatic heterocycles. The predicted octanol–water partition coefficient (Wildman–Crippen LogP) is 3.20. The fourth-order valence-corrected chi connectivity index (χ4v) is 2.88. The Morgan fingerprint density at radius 3 is 1.92 bits per heavy atom. The molecule has 0 aromatic heterocycles. The van der Waals surface area contributed by atoms with Crippen molar-refractivity contribution in [2.24, 2.45) is 5.10 Å². The van der Waals surface area contributed by atoms with Crippen LogP contribution in [0, 0.1) is 0 Å². The lowest BCUT2D eigenvalue weighted by atomic mass is 10.2. The van der Waals surface area contributed by atoms with E-state index in [-0.39, 0.29) is 12.5 Å². The van der Waals surface area contributed by atoms with Crippen LogP contribution in [0.4, 0.5) is 11.4 Å². The van der Waals surface area contributed by atoms with Gasteiger partial charge in [-0.2, -0.15) is 5.10 Å². The van der Waals surface area contributed by atoms with Crippen molar-refractivity contribution in [1.29, 1.82) is 0 Å². The second-order valence-electron chi connectivity index (χ2n) is 7.25. The molecule has 0 unspecified atom stereocenters. The summed E-state index contributed by atoms with van der Waals surface area (Å²) in [6, 6.07) is 20.3. The first-order valence-corrected chi connectivity index (χ1v) is 11.0. The fourth-order valence-electron chi connectivity index (χ4n) is 2.88. The highest BCUT2D eigenvalue weighted by Gasteiger charge is 2.12. The van der Waals surface area contributed by atoms with E-state index in [1.165, 1.54) is 13.3 Å². The summed E-state index contributed by atoms with van der Waals surface area (Å²) >= 11 is 0. The highest BCUT2D eigenvalue weighted by molar-refractivity contribution is 6.39. The molecule has 36 heavy (non-hydrogen) atoms. The average Bonchev–Trinajstić information content (AvgIpc) is 2.90. The van der Waals surface area contributed by atoms with Gasteiger partial charge < -0.3 is 24.8 Å². The maximum Gasteiger partial charge on any atom is 0.329 e. The first kappa shape index (κ1) is 25.8. The topological polar surface area (TPSA) is 127 Å². The van der Waals surface area contributed by atoms with Gasteiger partial charge in [0.2, 0.25) is 0 Å². The number of nitrogens with zero attached hydrogens (tertiary/aromatic N) is 1. The lowest BCUT2D eigenvalue weighted by Gasteiger charge is -2.09. The van der Waals surface area contributed by atoms with Crippen molar-refractivity contribution in [1.82, 2.24) is 5.43 Å². The minimum atomic E-state index is -0.916. The molecule has 10 heteroatoms. The molecular weight excluding hydrogens is 464 g/mol. The highest BCUT2D eigenvalue weighted by Crippen LogP contribution is 2.16. The van der Waals surface area contributed by atoms with E-state index in [0.717, 1.165) is 5.75 Å². The molecule has 0 fully saturated rings. The average molecular weight is 491 g/mol. The Bertz CT molecular complexity index is 1190. The van der Waals surface area contributed by atoms with Gasteiger partial charge in [0.1, 0.15) is 17.2 Å². The molecule has 3 aromatic rings. The summed E-state index contributed by atoms with van der Waals surface area (Å²) < 4.78 is 15.9. The summed E-state index contributed by atoms with van der Waals surface area (Å²) in [5.41, 5.74) is 3.90. The van der Waals surface area contributed by atoms with Gasteiger partial charge in [0.05, 0.1) is 19.9 Å². The largest absolute Gasteiger partial charge is 0.497 e. The van der Waals surface area contributed by atoms with Crippen LogP contribution in [0.25, 0.3) is 0 Å². The van der Waals surface area contributed by atoms with Gasteiger partial charge in [-0.1, -0.05) is 0 Å². The van der Waals surface area contributed by atoms with Gasteiger partial charge >= 0.3 is 11.8 Å². The standard InChI is InChI=1S/C26H26N4O6/c1-3-35-22-14-8-19(9-15-22)28-24(31)17-36-23-10-4-18(5-11-23)16-27-30-26(33)25(32)29-20-6-12-21(34-2)13-7-20/h4-16H,3,17H2,1-2H3,(H,28,31)(H,29,32)(H,30,33)/b27-16-. The van der Waals surface area contributed by atoms with Gasteiger partial charge in [0.25, 0.3) is 5.91 Å². The van der Waals surface area contributed by atoms with Crippen LogP contribution in [0.15, 0.2) is 77.9 Å². The van der Waals surface area contributed by atoms with E-state index in [2.05, 4.69) is 21.2 Å². The van der Waals surface area contributed by atoms with Crippen LogP contribution in [0.1, 0.15) is 12.5 Å². The third kappa shape index (κ3) is 8.17. The fraction of sp³-hybridized carbons (Fsp3) is 0.154. The van der Waals surface area contributed by atoms with E-state index in [1.54, 1.807) is 72.8 Å². The van der Waals surface area contributed by atoms with Crippen LogP contribution in [-0.4, -0.2) is 44.3 Å². The Morgan fingerprint density at radius 2 is 1.31 bits per heavy atom. The minimum Gasteiger partial charge on any atom is -0.497 e. The molecule has 0 atom stereocenters. The molecule has 0 heterocycles. The molecule has 0 aliphatic carbocycles. The molecule has 0 aliphatic rings. The number of anilines is 2. The summed E-state index contributed by atoms with van der Waals surface area (Å²) in [5.74, 6) is -0.236. The second kappa shape index (κ2) is 13.1. The van der Waals surface area contributed by atoms with E-state index in [4.69, 9.17) is 14.2 Å². The third-order valence-electron chi connectivity index (χ3n) is 4.63. The number of hydrogen-bond acceptors (Lipinski definition) is 7. The normalized spacial score (nSPS) is 10.4. The number of hydrazone groups is 1. The number of rotatable bonds is 10. The van der Waals surface area contributed by atoms with Crippen molar-refractivity contribution in [3.63, 3.8) is 0 Å². The zero-order valence-corrected chi connectivity index (χ0v) is 19.8. The van der Waals surface area contributed by atoms with E-state index in [1.807, 2.05) is 6.92 Å². The first-order valence-electron chi connectivity index (χ1n) is 11.0. The Labute approximate surface area is 208 Å². The number of benzene rings is 3. The molecule has 186 valence electrons. The Balaban J connectivity index is 1.40. The number of ether oxygens (including phenoxy) is 3. The summed E-state index contributed by atoms with van der Waals surface area (Å²) in [6.07, 6.45) is 1.38. The van der Waals surface area contributed by atoms with Crippen molar-refractivity contribution in [3.05, 3.63) is 78.4 Å². The monoisotopic (exact) mass is 490 g/mol. The maximum atomic E-state index is 12.1. The predicted molar refractivity (Wildman–Crippen MR) is 136 cm³/mol. The molecule has 0 radical (unpaired) electrons. The van der Waals surface area contributed by atoms with Gasteiger partial charge in [-0.05, 0) is 85.3 Å². The summed E-state index contributed by atoms with van der Waals surface area (Å²) in [5, 5.41) is 8.98. The quantitative estimate of drug-likeness (QED) is 0.228. The van der Waals surface area contributed by atoms with Crippen molar-refractivity contribution < 1.29 is 28.6 Å². The third-order valence-corrected chi connectivity index (χ3v) is 4.63. The van der Waals surface area contributed by atoms with Crippen LogP contribution in [0.5, 0.6) is 17.2 Å². The SMILES string of the molecule is CCOc1ccc(NC(=O)COc2ccc(/C=N\NC(=O)C(=O)Nc3ccc(OC)cc3)cc2)cc1. The van der Waals surface area contributed by atoms with Gasteiger partial charge in [0.15, 0.2) is 6.61 Å². The minimum absolute atomic E-state index is 0.167. The Morgan fingerprint density at radius 1 is 0.750 bits per heavy atom. The van der Waals surface area contributed by atoms with Gasteiger partial charge in [-0.25, -0.2) is 5.43 Å². The summed E-state index contributed by atoms with van der Waals surface area (Å²) in [6.45, 7) is 2.30. The lowest BCUT2D eigenvalue weighted by molar-refractivity contribution is -0.136. The maximum absolute atomic E-state index is 12.1. The lowest BCUT2D eigenvalue weighted by Crippen LogP contribution is -2.32. The number of carbonyl (C=O) groups is 3. The second-order valence-corrected chi connectivity index (χ2v) is 7.25. The van der Waals surface area contributed by atoms with Gasteiger partial charge in [-0.3, -0.25) is 14.4 Å². The number of nitrogens with one attached hydrogen (secondary N) is 3. The molecule has 0 spiro atoms. The molecule has 0 bridgehead atoms. The molecule has 3 N–H and O–H groups in total. The zero-order valence-electron chi connectivity index (χ0n) is 19.8. The summed E-state index contributed by atoms with van der Waals surface area (Å²) in [4.78, 5) is 36.0.